The van der Waals surface area contributed by atoms with Gasteiger partial charge >= 0.3 is 0 Å². The van der Waals surface area contributed by atoms with Gasteiger partial charge in [0, 0.05) is 11.1 Å². The van der Waals surface area contributed by atoms with E-state index >= 15 is 0 Å². The third-order valence-corrected chi connectivity index (χ3v) is 3.06. The average Bonchev–Trinajstić information content (AvgIpc) is 2.17. The van der Waals surface area contributed by atoms with E-state index in [4.69, 9.17) is 32.7 Å². The van der Waals surface area contributed by atoms with Gasteiger partial charge in [0.25, 0.3) is 0 Å². The Kier molecular flexibility index (Phi) is 3.51. The van der Waals surface area contributed by atoms with Crippen LogP contribution in [0.15, 0.2) is 0 Å². The molecule has 0 aliphatic rings. The van der Waals surface area contributed by atoms with Gasteiger partial charge in [-0.1, -0.05) is 23.2 Å². The van der Waals surface area contributed by atoms with Gasteiger partial charge in [0.05, 0.1) is 24.3 Å². The number of rotatable bonds is 2. The molecule has 0 saturated heterocycles. The molecule has 0 unspecified atom stereocenters. The first-order valence-electron chi connectivity index (χ1n) is 4.10. The molecule has 0 bridgehead atoms. The van der Waals surface area contributed by atoms with Crippen LogP contribution in [0.5, 0.6) is 11.5 Å². The maximum absolute atomic E-state index is 6.09. The monoisotopic (exact) mass is 234 g/mol. The third-order valence-electron chi connectivity index (χ3n) is 2.15. The van der Waals surface area contributed by atoms with E-state index in [0.29, 0.717) is 21.5 Å². The summed E-state index contributed by atoms with van der Waals surface area (Å²) in [5.41, 5.74) is 1.59. The SMILES string of the molecule is COc1c(C)c(Cl)c(OC)c(C)c1Cl. The highest BCUT2D eigenvalue weighted by atomic mass is 35.5. The van der Waals surface area contributed by atoms with E-state index in [0.717, 1.165) is 11.1 Å². The van der Waals surface area contributed by atoms with E-state index in [1.165, 1.54) is 0 Å². The van der Waals surface area contributed by atoms with Crippen LogP contribution in [-0.2, 0) is 0 Å². The van der Waals surface area contributed by atoms with Crippen molar-refractivity contribution in [2.24, 2.45) is 0 Å². The molecule has 1 aromatic rings. The standard InChI is InChI=1S/C10H12Cl2O2/c1-5-7(11)10(14-4)6(2)8(12)9(5)13-3/h1-4H3. The zero-order valence-corrected chi connectivity index (χ0v) is 10.1. The first-order valence-corrected chi connectivity index (χ1v) is 4.86. The van der Waals surface area contributed by atoms with Crippen LogP contribution in [0.1, 0.15) is 11.1 Å². The molecule has 2 nitrogen and oxygen atoms in total. The number of hydrogen-bond acceptors (Lipinski definition) is 2. The smallest absolute Gasteiger partial charge is 0.142 e. The van der Waals surface area contributed by atoms with E-state index in [-0.39, 0.29) is 0 Å². The van der Waals surface area contributed by atoms with E-state index < -0.39 is 0 Å². The summed E-state index contributed by atoms with van der Waals surface area (Å²) in [6, 6.07) is 0. The van der Waals surface area contributed by atoms with E-state index in [1.807, 2.05) is 13.8 Å². The van der Waals surface area contributed by atoms with Crippen LogP contribution < -0.4 is 9.47 Å². The number of halogens is 2. The molecule has 1 rings (SSSR count). The molecular weight excluding hydrogens is 223 g/mol. The van der Waals surface area contributed by atoms with Crippen LogP contribution in [0.3, 0.4) is 0 Å². The average molecular weight is 235 g/mol. The lowest BCUT2D eigenvalue weighted by atomic mass is 10.1. The van der Waals surface area contributed by atoms with Crippen molar-refractivity contribution in [1.82, 2.24) is 0 Å². The quantitative estimate of drug-likeness (QED) is 0.779. The van der Waals surface area contributed by atoms with Crippen LogP contribution in [0.2, 0.25) is 10.0 Å². The van der Waals surface area contributed by atoms with Crippen LogP contribution in [0.4, 0.5) is 0 Å². The van der Waals surface area contributed by atoms with Crippen molar-refractivity contribution in [2.75, 3.05) is 14.2 Å². The van der Waals surface area contributed by atoms with Crippen LogP contribution >= 0.6 is 23.2 Å². The molecule has 0 spiro atoms. The molecule has 1 aromatic carbocycles. The van der Waals surface area contributed by atoms with Gasteiger partial charge in [-0.2, -0.15) is 0 Å². The minimum absolute atomic E-state index is 0.547. The second-order valence-corrected chi connectivity index (χ2v) is 3.70. The molecule has 0 aliphatic heterocycles. The van der Waals surface area contributed by atoms with Crippen LogP contribution in [0, 0.1) is 13.8 Å². The Labute approximate surface area is 93.7 Å². The van der Waals surface area contributed by atoms with Crippen molar-refractivity contribution in [3.63, 3.8) is 0 Å². The lowest BCUT2D eigenvalue weighted by molar-refractivity contribution is 0.398. The zero-order chi connectivity index (χ0) is 10.9. The Morgan fingerprint density at radius 1 is 0.786 bits per heavy atom. The Morgan fingerprint density at radius 3 is 1.29 bits per heavy atom. The lowest BCUT2D eigenvalue weighted by Crippen LogP contribution is -1.96. The summed E-state index contributed by atoms with van der Waals surface area (Å²) in [5, 5.41) is 1.09. The zero-order valence-electron chi connectivity index (χ0n) is 8.57. The maximum atomic E-state index is 6.09. The molecule has 0 atom stereocenters. The van der Waals surface area contributed by atoms with Gasteiger partial charge in [-0.05, 0) is 13.8 Å². The molecule has 4 heteroatoms. The number of hydrogen-bond donors (Lipinski definition) is 0. The number of methoxy groups -OCH3 is 2. The molecule has 0 saturated carbocycles. The summed E-state index contributed by atoms with van der Waals surface area (Å²) >= 11 is 12.2. The predicted octanol–water partition coefficient (Wildman–Crippen LogP) is 3.63. The third kappa shape index (κ3) is 1.64. The fraction of sp³-hybridized carbons (Fsp3) is 0.400. The number of benzene rings is 1. The van der Waals surface area contributed by atoms with Crippen molar-refractivity contribution in [1.29, 1.82) is 0 Å². The molecule has 0 aliphatic carbocycles. The molecule has 14 heavy (non-hydrogen) atoms. The topological polar surface area (TPSA) is 18.5 Å². The van der Waals surface area contributed by atoms with E-state index in [9.17, 15) is 0 Å². The fourth-order valence-corrected chi connectivity index (χ4v) is 1.96. The van der Waals surface area contributed by atoms with Gasteiger partial charge in [-0.25, -0.2) is 0 Å². The van der Waals surface area contributed by atoms with Gasteiger partial charge in [0.2, 0.25) is 0 Å². The molecule has 78 valence electrons. The highest BCUT2D eigenvalue weighted by Gasteiger charge is 2.18. The Hall–Kier alpha value is -0.600. The largest absolute Gasteiger partial charge is 0.495 e. The summed E-state index contributed by atoms with van der Waals surface area (Å²) in [6.45, 7) is 3.68. The Bertz CT molecular complexity index is 298. The molecule has 0 aromatic heterocycles. The van der Waals surface area contributed by atoms with Crippen molar-refractivity contribution >= 4 is 23.2 Å². The van der Waals surface area contributed by atoms with E-state index in [2.05, 4.69) is 0 Å². The molecule has 0 heterocycles. The molecule has 0 N–H and O–H groups in total. The van der Waals surface area contributed by atoms with Gasteiger partial charge in [-0.3, -0.25) is 0 Å². The normalized spacial score (nSPS) is 10.1. The van der Waals surface area contributed by atoms with Crippen LogP contribution in [-0.4, -0.2) is 14.2 Å². The molecular formula is C10H12Cl2O2. The maximum Gasteiger partial charge on any atom is 0.142 e. The van der Waals surface area contributed by atoms with Gasteiger partial charge in [-0.15, -0.1) is 0 Å². The molecule has 0 radical (unpaired) electrons. The Morgan fingerprint density at radius 2 is 1.07 bits per heavy atom. The number of ether oxygens (including phenoxy) is 2. The lowest BCUT2D eigenvalue weighted by Gasteiger charge is -2.15. The van der Waals surface area contributed by atoms with Gasteiger partial charge in [0.15, 0.2) is 0 Å². The highest BCUT2D eigenvalue weighted by molar-refractivity contribution is 6.36. The highest BCUT2D eigenvalue weighted by Crippen LogP contribution is 2.43. The Balaban J connectivity index is 3.55. The minimum Gasteiger partial charge on any atom is -0.495 e. The summed E-state index contributed by atoms with van der Waals surface area (Å²) < 4.78 is 10.3. The first-order chi connectivity index (χ1) is 6.54. The molecule has 0 amide bonds. The van der Waals surface area contributed by atoms with Crippen molar-refractivity contribution in [3.05, 3.63) is 21.2 Å². The first kappa shape index (κ1) is 11.5. The van der Waals surface area contributed by atoms with Gasteiger partial charge < -0.3 is 9.47 Å². The van der Waals surface area contributed by atoms with Crippen molar-refractivity contribution in [2.45, 2.75) is 13.8 Å². The fourth-order valence-electron chi connectivity index (χ4n) is 1.35. The molecule has 0 fully saturated rings. The predicted molar refractivity (Wildman–Crippen MR) is 59.0 cm³/mol. The van der Waals surface area contributed by atoms with Crippen molar-refractivity contribution in [3.8, 4) is 11.5 Å². The van der Waals surface area contributed by atoms with E-state index in [1.54, 1.807) is 14.2 Å². The second kappa shape index (κ2) is 4.28. The summed E-state index contributed by atoms with van der Waals surface area (Å²) in [5.74, 6) is 1.21. The summed E-state index contributed by atoms with van der Waals surface area (Å²) in [4.78, 5) is 0. The van der Waals surface area contributed by atoms with Crippen LogP contribution in [0.25, 0.3) is 0 Å². The second-order valence-electron chi connectivity index (χ2n) is 2.94. The van der Waals surface area contributed by atoms with Crippen molar-refractivity contribution < 1.29 is 9.47 Å². The minimum atomic E-state index is 0.547. The van der Waals surface area contributed by atoms with Gasteiger partial charge in [0.1, 0.15) is 11.5 Å². The summed E-state index contributed by atoms with van der Waals surface area (Å²) in [6.07, 6.45) is 0. The summed E-state index contributed by atoms with van der Waals surface area (Å²) in [7, 11) is 3.13.